The quantitative estimate of drug-likeness (QED) is 0.565. The largest absolute Gasteiger partial charge is 0.298 e. The van der Waals surface area contributed by atoms with Crippen molar-refractivity contribution < 1.29 is 9.72 Å². The van der Waals surface area contributed by atoms with Crippen LogP contribution in [-0.4, -0.2) is 53.2 Å². The third-order valence-electron chi connectivity index (χ3n) is 4.64. The molecular formula is C20H23N3O3. The molecule has 6 nitrogen and oxygen atoms in total. The lowest BCUT2D eigenvalue weighted by Gasteiger charge is -2.34. The number of hydrogen-bond acceptors (Lipinski definition) is 5. The Kier molecular flexibility index (Phi) is 6.09. The summed E-state index contributed by atoms with van der Waals surface area (Å²) >= 11 is 0. The van der Waals surface area contributed by atoms with Gasteiger partial charge in [0.15, 0.2) is 5.78 Å². The molecular weight excluding hydrogens is 330 g/mol. The lowest BCUT2D eigenvalue weighted by molar-refractivity contribution is -0.384. The van der Waals surface area contributed by atoms with Gasteiger partial charge >= 0.3 is 0 Å². The van der Waals surface area contributed by atoms with Crippen LogP contribution in [0, 0.1) is 10.1 Å². The number of piperazine rings is 1. The van der Waals surface area contributed by atoms with Gasteiger partial charge in [0, 0.05) is 51.3 Å². The zero-order valence-electron chi connectivity index (χ0n) is 14.7. The van der Waals surface area contributed by atoms with Crippen LogP contribution in [0.2, 0.25) is 0 Å². The number of carbonyl (C=O) groups excluding carboxylic acids is 1. The number of carbonyl (C=O) groups is 1. The molecule has 0 unspecified atom stereocenters. The Balaban J connectivity index is 1.45. The highest BCUT2D eigenvalue weighted by atomic mass is 16.6. The molecule has 0 spiro atoms. The van der Waals surface area contributed by atoms with Gasteiger partial charge in [-0.2, -0.15) is 0 Å². The average molecular weight is 353 g/mol. The third-order valence-corrected chi connectivity index (χ3v) is 4.64. The molecule has 0 amide bonds. The minimum Gasteiger partial charge on any atom is -0.298 e. The van der Waals surface area contributed by atoms with Crippen LogP contribution in [0.1, 0.15) is 11.1 Å². The fourth-order valence-electron chi connectivity index (χ4n) is 3.26. The predicted molar refractivity (Wildman–Crippen MR) is 100.0 cm³/mol. The molecule has 1 saturated heterocycles. The summed E-state index contributed by atoms with van der Waals surface area (Å²) in [5.74, 6) is 0.0991. The first-order valence-electron chi connectivity index (χ1n) is 8.84. The van der Waals surface area contributed by atoms with Crippen molar-refractivity contribution in [3.8, 4) is 0 Å². The number of Topliss-reactive ketones (excluding diaryl/α,β-unsaturated/α-hetero) is 1. The molecule has 6 heteroatoms. The van der Waals surface area contributed by atoms with Crippen LogP contribution in [0.25, 0.3) is 0 Å². The number of nitro benzene ring substituents is 1. The number of nitrogens with zero attached hydrogens (tertiary/aromatic N) is 3. The van der Waals surface area contributed by atoms with Gasteiger partial charge in [0.2, 0.25) is 0 Å². The van der Waals surface area contributed by atoms with E-state index < -0.39 is 4.92 Å². The molecule has 0 bridgehead atoms. The molecule has 3 rings (SSSR count). The molecule has 2 aromatic rings. The highest BCUT2D eigenvalue weighted by molar-refractivity contribution is 5.83. The van der Waals surface area contributed by atoms with Gasteiger partial charge in [-0.25, -0.2) is 0 Å². The summed E-state index contributed by atoms with van der Waals surface area (Å²) in [6.45, 7) is 4.97. The Morgan fingerprint density at radius 2 is 1.58 bits per heavy atom. The molecule has 136 valence electrons. The second-order valence-corrected chi connectivity index (χ2v) is 6.68. The molecule has 26 heavy (non-hydrogen) atoms. The van der Waals surface area contributed by atoms with Gasteiger partial charge in [0.1, 0.15) is 0 Å². The molecule has 2 aromatic carbocycles. The molecule has 1 aliphatic rings. The van der Waals surface area contributed by atoms with Crippen LogP contribution in [-0.2, 0) is 17.8 Å². The topological polar surface area (TPSA) is 66.7 Å². The molecule has 0 atom stereocenters. The summed E-state index contributed by atoms with van der Waals surface area (Å²) in [6, 6.07) is 16.7. The van der Waals surface area contributed by atoms with Crippen molar-refractivity contribution in [2.24, 2.45) is 0 Å². The van der Waals surface area contributed by atoms with Crippen molar-refractivity contribution in [2.45, 2.75) is 13.0 Å². The Morgan fingerprint density at radius 1 is 0.923 bits per heavy atom. The number of rotatable bonds is 7. The number of hydrogen-bond donors (Lipinski definition) is 0. The minimum absolute atomic E-state index is 0.0322. The van der Waals surface area contributed by atoms with Crippen LogP contribution >= 0.6 is 0 Å². The van der Waals surface area contributed by atoms with Crippen LogP contribution in [0.5, 0.6) is 0 Å². The Hall–Kier alpha value is -2.57. The van der Waals surface area contributed by atoms with Gasteiger partial charge in [-0.3, -0.25) is 24.7 Å². The lowest BCUT2D eigenvalue weighted by Crippen LogP contribution is -2.47. The Morgan fingerprint density at radius 3 is 2.27 bits per heavy atom. The molecule has 1 aliphatic heterocycles. The summed E-state index contributed by atoms with van der Waals surface area (Å²) in [5.41, 5.74) is 2.04. The fourth-order valence-corrected chi connectivity index (χ4v) is 3.26. The smallest absolute Gasteiger partial charge is 0.269 e. The maximum Gasteiger partial charge on any atom is 0.269 e. The Labute approximate surface area is 153 Å². The molecule has 0 radical (unpaired) electrons. The highest BCUT2D eigenvalue weighted by Crippen LogP contribution is 2.14. The second kappa shape index (κ2) is 8.69. The van der Waals surface area contributed by atoms with E-state index in [9.17, 15) is 14.9 Å². The summed E-state index contributed by atoms with van der Waals surface area (Å²) in [6.07, 6.45) is 0.242. The van der Waals surface area contributed by atoms with E-state index in [1.807, 2.05) is 6.07 Å². The van der Waals surface area contributed by atoms with E-state index >= 15 is 0 Å². The van der Waals surface area contributed by atoms with Crippen molar-refractivity contribution in [3.05, 3.63) is 75.8 Å². The third kappa shape index (κ3) is 5.21. The highest BCUT2D eigenvalue weighted by Gasteiger charge is 2.19. The first-order valence-corrected chi connectivity index (χ1v) is 8.84. The van der Waals surface area contributed by atoms with Gasteiger partial charge in [-0.15, -0.1) is 0 Å². The van der Waals surface area contributed by atoms with Gasteiger partial charge in [0.25, 0.3) is 5.69 Å². The van der Waals surface area contributed by atoms with Crippen molar-refractivity contribution in [1.82, 2.24) is 9.80 Å². The standard InChI is InChI=1S/C20H23N3O3/c24-20(14-18-7-4-8-19(13-18)23(25)26)16-22-11-9-21(10-12-22)15-17-5-2-1-3-6-17/h1-8,13H,9-12,14-16H2. The van der Waals surface area contributed by atoms with Crippen LogP contribution < -0.4 is 0 Å². The summed E-state index contributed by atoms with van der Waals surface area (Å²) in [5, 5.41) is 10.8. The predicted octanol–water partition coefficient (Wildman–Crippen LogP) is 2.52. The van der Waals surface area contributed by atoms with Crippen LogP contribution in [0.3, 0.4) is 0 Å². The van der Waals surface area contributed by atoms with Crippen molar-refractivity contribution in [3.63, 3.8) is 0 Å². The van der Waals surface area contributed by atoms with E-state index in [0.29, 0.717) is 12.1 Å². The van der Waals surface area contributed by atoms with E-state index in [4.69, 9.17) is 0 Å². The van der Waals surface area contributed by atoms with Gasteiger partial charge < -0.3 is 0 Å². The summed E-state index contributed by atoms with van der Waals surface area (Å²) in [7, 11) is 0. The van der Waals surface area contributed by atoms with Crippen molar-refractivity contribution in [2.75, 3.05) is 32.7 Å². The zero-order valence-corrected chi connectivity index (χ0v) is 14.7. The Bertz CT molecular complexity index is 756. The average Bonchev–Trinajstić information content (AvgIpc) is 2.64. The fraction of sp³-hybridized carbons (Fsp3) is 0.350. The first kappa shape index (κ1) is 18.2. The zero-order chi connectivity index (χ0) is 18.4. The first-order chi connectivity index (χ1) is 12.6. The molecule has 0 saturated carbocycles. The number of non-ortho nitro benzene ring substituents is 1. The number of benzene rings is 2. The minimum atomic E-state index is -0.431. The number of nitro groups is 1. The number of ketones is 1. The van der Waals surface area contributed by atoms with E-state index in [1.54, 1.807) is 12.1 Å². The van der Waals surface area contributed by atoms with Crippen molar-refractivity contribution in [1.29, 1.82) is 0 Å². The molecule has 0 aliphatic carbocycles. The normalized spacial score (nSPS) is 15.7. The second-order valence-electron chi connectivity index (χ2n) is 6.68. The van der Waals surface area contributed by atoms with E-state index in [1.165, 1.54) is 17.7 Å². The summed E-state index contributed by atoms with van der Waals surface area (Å²) < 4.78 is 0. The monoisotopic (exact) mass is 353 g/mol. The van der Waals surface area contributed by atoms with Gasteiger partial charge in [-0.05, 0) is 11.1 Å². The molecule has 1 heterocycles. The maximum absolute atomic E-state index is 12.3. The van der Waals surface area contributed by atoms with E-state index in [-0.39, 0.29) is 17.9 Å². The van der Waals surface area contributed by atoms with Gasteiger partial charge in [-0.1, -0.05) is 42.5 Å². The van der Waals surface area contributed by atoms with Gasteiger partial charge in [0.05, 0.1) is 11.5 Å². The molecule has 1 fully saturated rings. The molecule has 0 aromatic heterocycles. The van der Waals surface area contributed by atoms with Crippen LogP contribution in [0.15, 0.2) is 54.6 Å². The van der Waals surface area contributed by atoms with Crippen LogP contribution in [0.4, 0.5) is 5.69 Å². The van der Waals surface area contributed by atoms with Crippen molar-refractivity contribution >= 4 is 11.5 Å². The summed E-state index contributed by atoms with van der Waals surface area (Å²) in [4.78, 5) is 27.3. The van der Waals surface area contributed by atoms with E-state index in [2.05, 4.69) is 34.1 Å². The van der Waals surface area contributed by atoms with E-state index in [0.717, 1.165) is 32.7 Å². The molecule has 0 N–H and O–H groups in total. The SMILES string of the molecule is O=C(Cc1cccc([N+](=O)[O-])c1)CN1CCN(Cc2ccccc2)CC1. The lowest BCUT2D eigenvalue weighted by atomic mass is 10.1. The maximum atomic E-state index is 12.3.